The summed E-state index contributed by atoms with van der Waals surface area (Å²) in [4.78, 5) is 35.1. The number of imidazole rings is 1. The first kappa shape index (κ1) is 17.6. The lowest BCUT2D eigenvalue weighted by molar-refractivity contribution is -0.119. The zero-order valence-corrected chi connectivity index (χ0v) is 14.8. The maximum atomic E-state index is 12.0. The van der Waals surface area contributed by atoms with Crippen LogP contribution in [-0.2, 0) is 4.79 Å². The molecule has 3 N–H and O–H groups in total. The third-order valence-electron chi connectivity index (χ3n) is 2.67. The molecule has 0 unspecified atom stereocenters. The highest BCUT2D eigenvalue weighted by Gasteiger charge is 2.21. The van der Waals surface area contributed by atoms with Gasteiger partial charge in [-0.1, -0.05) is 23.4 Å². The average Bonchev–Trinajstić information content (AvgIpc) is 2.77. The van der Waals surface area contributed by atoms with Gasteiger partial charge in [-0.05, 0) is 33.8 Å². The Bertz CT molecular complexity index is 740. The lowest BCUT2D eigenvalue weighted by Gasteiger charge is -2.21. The lowest BCUT2D eigenvalue weighted by Crippen LogP contribution is -2.49. The van der Waals surface area contributed by atoms with Crippen LogP contribution in [-0.4, -0.2) is 37.7 Å². The summed E-state index contributed by atoms with van der Waals surface area (Å²) in [7, 11) is 0. The summed E-state index contributed by atoms with van der Waals surface area (Å²) >= 11 is 7.07. The maximum absolute atomic E-state index is 12.0. The van der Waals surface area contributed by atoms with Gasteiger partial charge in [-0.2, -0.15) is 0 Å². The molecule has 2 rings (SSSR count). The SMILES string of the molecule is C[C@@H](Sc1nc2ncc(Cl)cc2[nH]1)C(=O)NC(=O)NC(C)(C)C. The van der Waals surface area contributed by atoms with E-state index in [9.17, 15) is 9.59 Å². The minimum Gasteiger partial charge on any atom is -0.333 e. The van der Waals surface area contributed by atoms with Gasteiger partial charge in [-0.25, -0.2) is 14.8 Å². The summed E-state index contributed by atoms with van der Waals surface area (Å²) in [6, 6.07) is 1.19. The molecule has 0 aliphatic rings. The van der Waals surface area contributed by atoms with Crippen molar-refractivity contribution in [2.45, 2.75) is 43.6 Å². The van der Waals surface area contributed by atoms with Crippen molar-refractivity contribution in [2.24, 2.45) is 0 Å². The van der Waals surface area contributed by atoms with E-state index >= 15 is 0 Å². The number of pyridine rings is 1. The van der Waals surface area contributed by atoms with Crippen LogP contribution in [0, 0.1) is 0 Å². The number of urea groups is 1. The molecule has 0 radical (unpaired) electrons. The number of rotatable bonds is 3. The normalized spacial score (nSPS) is 12.9. The molecule has 0 spiro atoms. The molecule has 9 heteroatoms. The number of H-pyrrole nitrogens is 1. The highest BCUT2D eigenvalue weighted by molar-refractivity contribution is 8.00. The summed E-state index contributed by atoms with van der Waals surface area (Å²) in [6.07, 6.45) is 1.51. The molecule has 1 atom stereocenters. The zero-order valence-electron chi connectivity index (χ0n) is 13.2. The van der Waals surface area contributed by atoms with Crippen molar-refractivity contribution in [2.75, 3.05) is 0 Å². The van der Waals surface area contributed by atoms with Crippen LogP contribution in [0.5, 0.6) is 0 Å². The van der Waals surface area contributed by atoms with Crippen molar-refractivity contribution in [1.82, 2.24) is 25.6 Å². The maximum Gasteiger partial charge on any atom is 0.321 e. The number of aromatic amines is 1. The Balaban J connectivity index is 1.98. The number of fused-ring (bicyclic) bond motifs is 1. The number of imide groups is 1. The number of halogens is 1. The molecule has 3 amide bonds. The van der Waals surface area contributed by atoms with Crippen LogP contribution in [0.1, 0.15) is 27.7 Å². The standard InChI is InChI=1S/C14H18ClN5O2S/c1-7(11(21)19-12(22)20-14(2,3)4)23-13-17-9-5-8(15)6-16-10(9)18-13/h5-7H,1-4H3,(H,16,17,18)(H2,19,20,21,22)/t7-/m1/s1. The molecule has 0 bridgehead atoms. The van der Waals surface area contributed by atoms with Gasteiger partial charge in [-0.3, -0.25) is 10.1 Å². The summed E-state index contributed by atoms with van der Waals surface area (Å²) < 4.78 is 0. The molecule has 0 aliphatic carbocycles. The van der Waals surface area contributed by atoms with Gasteiger partial charge in [0.25, 0.3) is 0 Å². The number of carbonyl (C=O) groups is 2. The molecule has 0 saturated heterocycles. The molecular weight excluding hydrogens is 338 g/mol. The Kier molecular flexibility index (Phi) is 5.16. The van der Waals surface area contributed by atoms with E-state index in [0.29, 0.717) is 21.3 Å². The highest BCUT2D eigenvalue weighted by atomic mass is 35.5. The van der Waals surface area contributed by atoms with E-state index in [4.69, 9.17) is 11.6 Å². The van der Waals surface area contributed by atoms with Crippen LogP contribution < -0.4 is 10.6 Å². The van der Waals surface area contributed by atoms with Gasteiger partial charge in [0.15, 0.2) is 10.8 Å². The average molecular weight is 356 g/mol. The molecule has 124 valence electrons. The number of aromatic nitrogens is 3. The van der Waals surface area contributed by atoms with Crippen molar-refractivity contribution in [3.8, 4) is 0 Å². The molecule has 0 fully saturated rings. The Morgan fingerprint density at radius 1 is 1.39 bits per heavy atom. The molecule has 2 aromatic heterocycles. The Labute approximate surface area is 143 Å². The molecule has 0 saturated carbocycles. The van der Waals surface area contributed by atoms with Gasteiger partial charge < -0.3 is 10.3 Å². The van der Waals surface area contributed by atoms with Crippen LogP contribution in [0.15, 0.2) is 17.4 Å². The third-order valence-corrected chi connectivity index (χ3v) is 3.86. The van der Waals surface area contributed by atoms with E-state index < -0.39 is 22.7 Å². The first-order valence-electron chi connectivity index (χ1n) is 6.95. The van der Waals surface area contributed by atoms with Crippen LogP contribution >= 0.6 is 23.4 Å². The van der Waals surface area contributed by atoms with Crippen molar-refractivity contribution in [3.63, 3.8) is 0 Å². The molecular formula is C14H18ClN5O2S. The van der Waals surface area contributed by atoms with Gasteiger partial charge in [0.05, 0.1) is 15.8 Å². The molecule has 0 aliphatic heterocycles. The number of amides is 3. The quantitative estimate of drug-likeness (QED) is 0.735. The van der Waals surface area contributed by atoms with Crippen molar-refractivity contribution in [1.29, 1.82) is 0 Å². The first-order chi connectivity index (χ1) is 10.6. The fourth-order valence-electron chi connectivity index (χ4n) is 1.71. The van der Waals surface area contributed by atoms with E-state index in [1.165, 1.54) is 18.0 Å². The van der Waals surface area contributed by atoms with Gasteiger partial charge in [-0.15, -0.1) is 0 Å². The predicted octanol–water partition coefficient (Wildman–Crippen LogP) is 2.72. The summed E-state index contributed by atoms with van der Waals surface area (Å²) in [5.74, 6) is -0.400. The lowest BCUT2D eigenvalue weighted by atomic mass is 10.1. The second-order valence-electron chi connectivity index (χ2n) is 6.02. The number of thioether (sulfide) groups is 1. The minimum atomic E-state index is -0.520. The first-order valence-corrected chi connectivity index (χ1v) is 8.21. The van der Waals surface area contributed by atoms with Crippen molar-refractivity contribution < 1.29 is 9.59 Å². The van der Waals surface area contributed by atoms with Crippen LogP contribution in [0.25, 0.3) is 11.2 Å². The predicted molar refractivity (Wildman–Crippen MR) is 90.6 cm³/mol. The van der Waals surface area contributed by atoms with E-state index in [0.717, 1.165) is 0 Å². The second kappa shape index (κ2) is 6.76. The van der Waals surface area contributed by atoms with E-state index in [1.807, 2.05) is 20.8 Å². The summed E-state index contributed by atoms with van der Waals surface area (Å²) in [5.41, 5.74) is 0.804. The van der Waals surface area contributed by atoms with Gasteiger partial charge >= 0.3 is 6.03 Å². The summed E-state index contributed by atoms with van der Waals surface area (Å²) in [5, 5.41) is 5.51. The number of hydrogen-bond acceptors (Lipinski definition) is 5. The van der Waals surface area contributed by atoms with E-state index in [-0.39, 0.29) is 0 Å². The molecule has 23 heavy (non-hydrogen) atoms. The Morgan fingerprint density at radius 2 is 2.09 bits per heavy atom. The fourth-order valence-corrected chi connectivity index (χ4v) is 2.68. The minimum absolute atomic E-state index is 0.400. The van der Waals surface area contributed by atoms with Crippen LogP contribution in [0.3, 0.4) is 0 Å². The van der Waals surface area contributed by atoms with Crippen molar-refractivity contribution in [3.05, 3.63) is 17.3 Å². The number of nitrogens with one attached hydrogen (secondary N) is 3. The van der Waals surface area contributed by atoms with Crippen LogP contribution in [0.2, 0.25) is 5.02 Å². The topological polar surface area (TPSA) is 99.8 Å². The molecule has 2 aromatic rings. The monoisotopic (exact) mass is 355 g/mol. The number of nitrogens with zero attached hydrogens (tertiary/aromatic N) is 2. The van der Waals surface area contributed by atoms with Gasteiger partial charge in [0.1, 0.15) is 0 Å². The van der Waals surface area contributed by atoms with E-state index in [2.05, 4.69) is 25.6 Å². The molecule has 7 nitrogen and oxygen atoms in total. The zero-order chi connectivity index (χ0) is 17.2. The second-order valence-corrected chi connectivity index (χ2v) is 7.79. The Hall–Kier alpha value is -1.80. The summed E-state index contributed by atoms with van der Waals surface area (Å²) in [6.45, 7) is 7.20. The largest absolute Gasteiger partial charge is 0.333 e. The van der Waals surface area contributed by atoms with Gasteiger partial charge in [0.2, 0.25) is 5.91 Å². The van der Waals surface area contributed by atoms with E-state index in [1.54, 1.807) is 13.0 Å². The Morgan fingerprint density at radius 3 is 2.74 bits per heavy atom. The fraction of sp³-hybridized carbons (Fsp3) is 0.429. The number of hydrogen-bond donors (Lipinski definition) is 3. The molecule has 2 heterocycles. The third kappa shape index (κ3) is 5.11. The van der Waals surface area contributed by atoms with Crippen molar-refractivity contribution >= 4 is 46.5 Å². The highest BCUT2D eigenvalue weighted by Crippen LogP contribution is 2.23. The molecule has 0 aromatic carbocycles. The van der Waals surface area contributed by atoms with Gasteiger partial charge in [0, 0.05) is 11.7 Å². The smallest absolute Gasteiger partial charge is 0.321 e. The van der Waals surface area contributed by atoms with Crippen LogP contribution in [0.4, 0.5) is 4.79 Å². The number of carbonyl (C=O) groups excluding carboxylic acids is 2.